The molecule has 0 nitrogen and oxygen atoms in total. The van der Waals surface area contributed by atoms with Crippen molar-refractivity contribution in [2.24, 2.45) is 0 Å². The fourth-order valence-corrected chi connectivity index (χ4v) is 16.7. The molecule has 0 radical (unpaired) electrons. The standard InChI is InChI=1S/C120H116Si2/c1-114(2,3)93-40-54-100-79(28-30-81-73-83(104-58-44-94(115(4,5)6)42-56-102(81)104)32-34-85-75-87(108-62-48-96(117(10,11)12)46-60-106(85)108)36-38-89-77-91(68-70-121(22,23)24)112-66-52-98(119(16,17)18)50-64-110(89)112)72-80(101(100)55-41-93)29-31-82-74-84(105-59-45-95(116(7,8)9)43-57-103(82)105)33-35-86-76-88(109-63-49-97(118(13,14)15)47-61-107(86)109)37-39-90-78-92(69-71-122(25,26)27)113-67-53-99(120(19,20)21)51-65-111(90)113/h40-67,72-78H,1-27H3. The summed E-state index contributed by atoms with van der Waals surface area (Å²) in [4.78, 5) is 0. The first-order valence-corrected chi connectivity index (χ1v) is 50.3. The first-order chi connectivity index (χ1) is 57.1. The maximum atomic E-state index is 3.78. The highest BCUT2D eigenvalue weighted by molar-refractivity contribution is 6.84. The lowest BCUT2D eigenvalue weighted by molar-refractivity contribution is 0.590. The number of hydrogen-bond donors (Lipinski definition) is 0. The summed E-state index contributed by atoms with van der Waals surface area (Å²) < 4.78 is 0. The number of hydrogen-bond acceptors (Lipinski definition) is 0. The van der Waals surface area contributed by atoms with Gasteiger partial charge in [0.15, 0.2) is 0 Å². The minimum Gasteiger partial charge on any atom is -0.127 e. The first-order valence-electron chi connectivity index (χ1n) is 43.3. The van der Waals surface area contributed by atoms with Crippen LogP contribution in [0.4, 0.5) is 0 Å². The SMILES string of the molecule is CC(C)(C)c1ccc2c(C#Cc3cc(C#Cc4cc(C#Cc5cc(C#C[Si](C)(C)C)c6ccc(C(C)(C)C)ccc5-6)c5ccc(C(C)(C)C)ccc4-5)c4ccc(C(C)(C)C)ccc3-4)cc(C#Cc3cc(C#Cc4cc(C#Cc5cc(C#C[Si](C)(C)C)c6ccc(C(C)(C)C)ccc5-6)c5ccc(C(C)(C)C)ccc4-5)c4ccc(C(C)(C)C)ccc3-4)c-2cc1. The van der Waals surface area contributed by atoms with Crippen LogP contribution in [0.25, 0.3) is 77.9 Å². The molecule has 0 fully saturated rings. The Kier molecular flexibility index (Phi) is 22.8. The van der Waals surface area contributed by atoms with Crippen molar-refractivity contribution >= 4 is 16.1 Å². The topological polar surface area (TPSA) is 0 Å². The van der Waals surface area contributed by atoms with Crippen molar-refractivity contribution < 1.29 is 0 Å². The molecule has 0 saturated heterocycles. The lowest BCUT2D eigenvalue weighted by Gasteiger charge is -2.17. The van der Waals surface area contributed by atoms with Gasteiger partial charge in [-0.3, -0.25) is 0 Å². The van der Waals surface area contributed by atoms with Gasteiger partial charge in [0.25, 0.3) is 0 Å². The second-order valence-corrected chi connectivity index (χ2v) is 52.2. The van der Waals surface area contributed by atoms with E-state index in [0.29, 0.717) is 0 Å². The van der Waals surface area contributed by atoms with Gasteiger partial charge in [0, 0.05) is 77.9 Å². The Balaban J connectivity index is 0.880. The Morgan fingerprint density at radius 2 is 0.230 bits per heavy atom. The molecule has 0 aromatic heterocycles. The maximum Gasteiger partial charge on any atom is 0.129 e. The monoisotopic (exact) mass is 1610 g/mol. The predicted octanol–water partition coefficient (Wildman–Crippen LogP) is 29.4. The Morgan fingerprint density at radius 3 is 0.311 bits per heavy atom. The molecule has 0 atom stereocenters. The van der Waals surface area contributed by atoms with Crippen LogP contribution >= 0.6 is 0 Å². The third-order valence-corrected chi connectivity index (χ3v) is 25.1. The molecular weight excluding hydrogens is 1500 g/mol. The molecule has 0 N–H and O–H groups in total. The van der Waals surface area contributed by atoms with Crippen molar-refractivity contribution in [2.45, 2.75) is 223 Å². The van der Waals surface area contributed by atoms with Gasteiger partial charge in [-0.1, -0.05) is 437 Å². The van der Waals surface area contributed by atoms with E-state index in [1.807, 2.05) is 0 Å². The van der Waals surface area contributed by atoms with E-state index in [1.165, 1.54) is 38.9 Å². The molecule has 14 rings (SSSR count). The Bertz CT molecular complexity index is 6420. The van der Waals surface area contributed by atoms with Crippen LogP contribution in [0.1, 0.15) is 262 Å². The molecule has 14 aliphatic rings. The molecule has 0 aromatic rings. The van der Waals surface area contributed by atoms with E-state index >= 15 is 0 Å². The summed E-state index contributed by atoms with van der Waals surface area (Å²) in [5.41, 5.74) is 43.7. The van der Waals surface area contributed by atoms with E-state index in [1.54, 1.807) is 0 Å². The molecule has 0 spiro atoms. The average molecular weight is 1610 g/mol. The third-order valence-electron chi connectivity index (χ3n) is 23.3. The minimum atomic E-state index is -1.68. The highest BCUT2D eigenvalue weighted by atomic mass is 28.3. The molecule has 0 amide bonds. The molecule has 122 heavy (non-hydrogen) atoms. The van der Waals surface area contributed by atoms with E-state index in [-0.39, 0.29) is 37.9 Å². The summed E-state index contributed by atoms with van der Waals surface area (Å²) in [5, 5.41) is 0. The fraction of sp³-hybridized carbons (Fsp3) is 0.283. The van der Waals surface area contributed by atoms with E-state index in [4.69, 9.17) is 0 Å². The van der Waals surface area contributed by atoms with Gasteiger partial charge >= 0.3 is 0 Å². The molecule has 0 unspecified atom stereocenters. The highest BCUT2D eigenvalue weighted by Crippen LogP contribution is 2.43. The molecule has 0 aromatic carbocycles. The van der Waals surface area contributed by atoms with Crippen LogP contribution in [0.15, 0.2) is 212 Å². The van der Waals surface area contributed by atoms with Crippen molar-refractivity contribution in [3.63, 3.8) is 0 Å². The van der Waals surface area contributed by atoms with Crippen LogP contribution in [-0.2, 0) is 37.9 Å². The predicted molar refractivity (Wildman–Crippen MR) is 529 cm³/mol. The second-order valence-electron chi connectivity index (χ2n) is 42.7. The van der Waals surface area contributed by atoms with Gasteiger partial charge < -0.3 is 0 Å². The minimum absolute atomic E-state index is 0.0186. The smallest absolute Gasteiger partial charge is 0.127 e. The van der Waals surface area contributed by atoms with Gasteiger partial charge in [-0.2, -0.15) is 0 Å². The molecule has 2 heteroatoms. The summed E-state index contributed by atoms with van der Waals surface area (Å²) >= 11 is 0. The molecule has 14 aliphatic carbocycles. The zero-order chi connectivity index (χ0) is 87.8. The molecule has 0 aliphatic heterocycles. The normalized spacial score (nSPS) is 12.2. The lowest BCUT2D eigenvalue weighted by Crippen LogP contribution is -2.16. The van der Waals surface area contributed by atoms with Crippen LogP contribution < -0.4 is 0 Å². The maximum absolute atomic E-state index is 3.78. The van der Waals surface area contributed by atoms with Gasteiger partial charge in [-0.05, 0) is 197 Å². The second kappa shape index (κ2) is 32.3. The number of fused-ring (bicyclic) bond motifs is 7. The first kappa shape index (κ1) is 86.2. The molecule has 0 saturated carbocycles. The molecular formula is C120H116Si2. The van der Waals surface area contributed by atoms with E-state index in [9.17, 15) is 0 Å². The molecule has 604 valence electrons. The van der Waals surface area contributed by atoms with Crippen LogP contribution in [0.5, 0.6) is 0 Å². The number of rotatable bonds is 0. The van der Waals surface area contributed by atoms with Crippen LogP contribution in [0.3, 0.4) is 0 Å². The van der Waals surface area contributed by atoms with Gasteiger partial charge in [-0.15, -0.1) is 11.1 Å². The largest absolute Gasteiger partial charge is 0.129 e. The molecule has 0 heterocycles. The summed E-state index contributed by atoms with van der Waals surface area (Å²) in [6.07, 6.45) is 0. The van der Waals surface area contributed by atoms with Gasteiger partial charge in [0.05, 0.1) is 0 Å². The van der Waals surface area contributed by atoms with Gasteiger partial charge in [0.1, 0.15) is 16.1 Å². The highest BCUT2D eigenvalue weighted by Gasteiger charge is 2.27. The van der Waals surface area contributed by atoms with Crippen molar-refractivity contribution in [3.05, 3.63) is 329 Å². The van der Waals surface area contributed by atoms with Gasteiger partial charge in [0.2, 0.25) is 0 Å². The Morgan fingerprint density at radius 1 is 0.139 bits per heavy atom. The van der Waals surface area contributed by atoms with Crippen molar-refractivity contribution in [2.75, 3.05) is 0 Å². The zero-order valence-corrected chi connectivity index (χ0v) is 79.2. The van der Waals surface area contributed by atoms with E-state index in [2.05, 4.69) is 491 Å². The third kappa shape index (κ3) is 19.1. The summed E-state index contributed by atoms with van der Waals surface area (Å²) in [6, 6.07) is 78.5. The van der Waals surface area contributed by atoms with Crippen LogP contribution in [0, 0.1) is 94.0 Å². The average Bonchev–Trinajstić information content (AvgIpc) is 1.64. The zero-order valence-electron chi connectivity index (χ0n) is 77.2. The fourth-order valence-electron chi connectivity index (χ4n) is 15.7. The summed E-state index contributed by atoms with van der Waals surface area (Å²) in [5.74, 6) is 52.3. The van der Waals surface area contributed by atoms with E-state index < -0.39 is 16.1 Å². The van der Waals surface area contributed by atoms with Crippen molar-refractivity contribution in [1.29, 1.82) is 0 Å². The Labute approximate surface area is 734 Å². The van der Waals surface area contributed by atoms with Crippen LogP contribution in [-0.4, -0.2) is 16.1 Å². The van der Waals surface area contributed by atoms with Crippen molar-refractivity contribution in [3.8, 4) is 172 Å². The summed E-state index contributed by atoms with van der Waals surface area (Å²) in [6.45, 7) is 61.4. The lowest BCUT2D eigenvalue weighted by atomic mass is 9.88. The molecule has 0 bridgehead atoms. The van der Waals surface area contributed by atoms with Gasteiger partial charge in [-0.25, -0.2) is 0 Å². The summed E-state index contributed by atoms with van der Waals surface area (Å²) in [7, 11) is -3.37. The Hall–Kier alpha value is -12.2. The quantitative estimate of drug-likeness (QED) is 0.105. The van der Waals surface area contributed by atoms with E-state index in [0.717, 1.165) is 156 Å². The van der Waals surface area contributed by atoms with Crippen LogP contribution in [0.2, 0.25) is 39.3 Å². The van der Waals surface area contributed by atoms with Crippen molar-refractivity contribution in [1.82, 2.24) is 0 Å².